The zero-order valence-electron chi connectivity index (χ0n) is 25.5. The van der Waals surface area contributed by atoms with Crippen LogP contribution in [0.4, 0.5) is 0 Å². The van der Waals surface area contributed by atoms with Crippen LogP contribution < -0.4 is 0 Å². The van der Waals surface area contributed by atoms with Crippen molar-refractivity contribution in [1.29, 1.82) is 0 Å². The van der Waals surface area contributed by atoms with Crippen molar-refractivity contribution in [3.8, 4) is 33.5 Å². The van der Waals surface area contributed by atoms with Crippen LogP contribution in [0.25, 0.3) is 88.0 Å². The Bertz CT molecular complexity index is 2730. The first kappa shape index (κ1) is 25.5. The van der Waals surface area contributed by atoms with Gasteiger partial charge >= 0.3 is 0 Å². The van der Waals surface area contributed by atoms with E-state index in [9.17, 15) is 0 Å². The number of nitrogens with zero attached hydrogens (tertiary/aromatic N) is 2. The van der Waals surface area contributed by atoms with E-state index >= 15 is 0 Å². The van der Waals surface area contributed by atoms with Gasteiger partial charge in [0.15, 0.2) is 0 Å². The number of fused-ring (bicyclic) bond motifs is 11. The second-order valence-corrected chi connectivity index (χ2v) is 12.9. The summed E-state index contributed by atoms with van der Waals surface area (Å²) in [7, 11) is 0. The van der Waals surface area contributed by atoms with Gasteiger partial charge in [0.25, 0.3) is 0 Å². The molecule has 10 rings (SSSR count). The summed E-state index contributed by atoms with van der Waals surface area (Å²) < 4.78 is 6.60. The van der Waals surface area contributed by atoms with Crippen molar-refractivity contribution in [1.82, 2.24) is 9.97 Å². The second-order valence-electron chi connectivity index (χ2n) is 12.9. The third-order valence-corrected chi connectivity index (χ3v) is 10.1. The Kier molecular flexibility index (Phi) is 5.06. The number of aromatic nitrogens is 2. The highest BCUT2D eigenvalue weighted by molar-refractivity contribution is 6.16. The summed E-state index contributed by atoms with van der Waals surface area (Å²) in [6, 6.07) is 45.5. The van der Waals surface area contributed by atoms with Crippen LogP contribution in [-0.4, -0.2) is 9.97 Å². The van der Waals surface area contributed by atoms with Crippen molar-refractivity contribution in [3.63, 3.8) is 0 Å². The first-order chi connectivity index (χ1) is 22.6. The normalized spacial score (nSPS) is 13.6. The zero-order chi connectivity index (χ0) is 30.6. The van der Waals surface area contributed by atoms with Gasteiger partial charge in [-0.15, -0.1) is 0 Å². The van der Waals surface area contributed by atoms with Crippen LogP contribution in [0.15, 0.2) is 138 Å². The van der Waals surface area contributed by atoms with Crippen molar-refractivity contribution in [2.45, 2.75) is 19.3 Å². The molecule has 3 heteroatoms. The molecule has 0 fully saturated rings. The lowest BCUT2D eigenvalue weighted by Crippen LogP contribution is -2.15. The van der Waals surface area contributed by atoms with E-state index in [2.05, 4.69) is 135 Å². The highest BCUT2D eigenvalue weighted by atomic mass is 16.3. The molecule has 0 spiro atoms. The minimum Gasteiger partial charge on any atom is -0.456 e. The van der Waals surface area contributed by atoms with Crippen LogP contribution in [0, 0.1) is 0 Å². The highest BCUT2D eigenvalue weighted by Crippen LogP contribution is 2.57. The van der Waals surface area contributed by atoms with Crippen LogP contribution in [0.3, 0.4) is 0 Å². The summed E-state index contributed by atoms with van der Waals surface area (Å²) >= 11 is 0. The summed E-state index contributed by atoms with van der Waals surface area (Å²) in [5, 5.41) is 6.94. The van der Waals surface area contributed by atoms with E-state index in [0.717, 1.165) is 44.2 Å². The maximum Gasteiger partial charge on any atom is 0.136 e. The van der Waals surface area contributed by atoms with Crippen LogP contribution in [0.1, 0.15) is 25.0 Å². The Morgan fingerprint density at radius 3 is 2.11 bits per heavy atom. The number of pyridine rings is 2. The first-order valence-electron chi connectivity index (χ1n) is 15.8. The van der Waals surface area contributed by atoms with Gasteiger partial charge in [-0.25, -0.2) is 4.98 Å². The average Bonchev–Trinajstić information content (AvgIpc) is 3.59. The molecule has 0 bridgehead atoms. The molecule has 0 radical (unpaired) electrons. The molecular formula is C43H28N2O. The maximum atomic E-state index is 6.60. The molecule has 1 aliphatic carbocycles. The molecule has 0 aliphatic heterocycles. The summed E-state index contributed by atoms with van der Waals surface area (Å²) in [5.74, 6) is 0. The third-order valence-electron chi connectivity index (χ3n) is 10.1. The van der Waals surface area contributed by atoms with E-state index in [0.29, 0.717) is 0 Å². The van der Waals surface area contributed by atoms with E-state index in [1.165, 1.54) is 54.9 Å². The molecule has 9 aromatic rings. The molecule has 0 N–H and O–H groups in total. The smallest absolute Gasteiger partial charge is 0.136 e. The zero-order valence-corrected chi connectivity index (χ0v) is 25.5. The van der Waals surface area contributed by atoms with Crippen molar-refractivity contribution in [3.05, 3.63) is 145 Å². The van der Waals surface area contributed by atoms with E-state index < -0.39 is 0 Å². The van der Waals surface area contributed by atoms with Gasteiger partial charge in [0.1, 0.15) is 11.2 Å². The lowest BCUT2D eigenvalue weighted by Gasteiger charge is -2.23. The fraction of sp³-hybridized carbons (Fsp3) is 0.0698. The number of rotatable bonds is 2. The topological polar surface area (TPSA) is 38.9 Å². The number of furan rings is 1. The van der Waals surface area contributed by atoms with Crippen LogP contribution in [-0.2, 0) is 5.41 Å². The third kappa shape index (κ3) is 3.37. The van der Waals surface area contributed by atoms with E-state index in [1.807, 2.05) is 12.3 Å². The Hall–Kier alpha value is -5.80. The quantitative estimate of drug-likeness (QED) is 0.189. The monoisotopic (exact) mass is 588 g/mol. The van der Waals surface area contributed by atoms with E-state index in [-0.39, 0.29) is 5.41 Å². The lowest BCUT2D eigenvalue weighted by atomic mass is 9.79. The Morgan fingerprint density at radius 2 is 1.24 bits per heavy atom. The van der Waals surface area contributed by atoms with Crippen molar-refractivity contribution in [2.75, 3.05) is 0 Å². The van der Waals surface area contributed by atoms with Gasteiger partial charge in [0.05, 0.1) is 16.7 Å². The van der Waals surface area contributed by atoms with Crippen LogP contribution in [0.2, 0.25) is 0 Å². The first-order valence-corrected chi connectivity index (χ1v) is 15.8. The van der Waals surface area contributed by atoms with Crippen molar-refractivity contribution >= 4 is 54.5 Å². The fourth-order valence-corrected chi connectivity index (χ4v) is 8.02. The molecule has 0 saturated carbocycles. The predicted octanol–water partition coefficient (Wildman–Crippen LogP) is 11.5. The molecule has 0 saturated heterocycles. The van der Waals surface area contributed by atoms with Gasteiger partial charge in [0.2, 0.25) is 0 Å². The van der Waals surface area contributed by atoms with Gasteiger partial charge in [-0.1, -0.05) is 117 Å². The fourth-order valence-electron chi connectivity index (χ4n) is 8.02. The lowest BCUT2D eigenvalue weighted by molar-refractivity contribution is 0.657. The molecule has 3 nitrogen and oxygen atoms in total. The summed E-state index contributed by atoms with van der Waals surface area (Å²) in [6.45, 7) is 4.71. The number of para-hydroxylation sites is 1. The highest BCUT2D eigenvalue weighted by Gasteiger charge is 2.40. The second kappa shape index (κ2) is 9.12. The van der Waals surface area contributed by atoms with Crippen LogP contribution in [0.5, 0.6) is 0 Å². The molecule has 1 aliphatic rings. The molecule has 3 aromatic heterocycles. The SMILES string of the molecule is CC1(C)c2ccccc2-c2c(-c3ccc(-c4ccc5ccc6cccnc6c5n4)c4ccccc34)cc3oc4ccccc4c3c21. The molecule has 0 amide bonds. The van der Waals surface area contributed by atoms with Crippen molar-refractivity contribution < 1.29 is 4.42 Å². The van der Waals surface area contributed by atoms with Crippen molar-refractivity contribution in [2.24, 2.45) is 0 Å². The summed E-state index contributed by atoms with van der Waals surface area (Å²) in [5.41, 5.74) is 13.3. The molecule has 6 aromatic carbocycles. The Morgan fingerprint density at radius 1 is 0.543 bits per heavy atom. The standard InChI is InChI=1S/C43H28N2O/c1-43(2)34-15-7-5-13-31(34)38-33(24-37-39(40(38)43)32-14-6-8-16-36(32)46-37)29-20-21-30(28-12-4-3-11-27(28)29)35-22-19-26-18-17-25-10-9-23-44-41(25)42(26)45-35/h3-24H,1-2H3. The van der Waals surface area contributed by atoms with Gasteiger partial charge in [-0.3, -0.25) is 4.98 Å². The maximum absolute atomic E-state index is 6.60. The number of hydrogen-bond donors (Lipinski definition) is 0. The van der Waals surface area contributed by atoms with Crippen LogP contribution >= 0.6 is 0 Å². The predicted molar refractivity (Wildman–Crippen MR) is 190 cm³/mol. The molecule has 0 atom stereocenters. The molecule has 46 heavy (non-hydrogen) atoms. The molecule has 3 heterocycles. The van der Waals surface area contributed by atoms with Gasteiger partial charge in [-0.05, 0) is 68.4 Å². The van der Waals surface area contributed by atoms with Gasteiger partial charge in [-0.2, -0.15) is 0 Å². The minimum atomic E-state index is -0.186. The largest absolute Gasteiger partial charge is 0.456 e. The summed E-state index contributed by atoms with van der Waals surface area (Å²) in [6.07, 6.45) is 1.84. The molecule has 0 unspecified atom stereocenters. The Labute approximate surface area is 265 Å². The Balaban J connectivity index is 1.28. The van der Waals surface area contributed by atoms with Gasteiger partial charge < -0.3 is 4.42 Å². The van der Waals surface area contributed by atoms with E-state index in [4.69, 9.17) is 14.4 Å². The number of hydrogen-bond acceptors (Lipinski definition) is 3. The molecular weight excluding hydrogens is 560 g/mol. The summed E-state index contributed by atoms with van der Waals surface area (Å²) in [4.78, 5) is 9.91. The average molecular weight is 589 g/mol. The minimum absolute atomic E-state index is 0.186. The molecule has 216 valence electrons. The van der Waals surface area contributed by atoms with Gasteiger partial charge in [0, 0.05) is 38.7 Å². The van der Waals surface area contributed by atoms with E-state index in [1.54, 1.807) is 0 Å². The number of benzene rings is 6.